The van der Waals surface area contributed by atoms with Crippen LogP contribution in [0.1, 0.15) is 73.3 Å². The van der Waals surface area contributed by atoms with Crippen LogP contribution in [0.15, 0.2) is 18.2 Å². The minimum absolute atomic E-state index is 0.0886. The van der Waals surface area contributed by atoms with Crippen LogP contribution in [0.2, 0.25) is 0 Å². The highest BCUT2D eigenvalue weighted by atomic mass is 16.5. The van der Waals surface area contributed by atoms with Gasteiger partial charge in [-0.3, -0.25) is 0 Å². The van der Waals surface area contributed by atoms with Crippen LogP contribution in [-0.4, -0.2) is 62.8 Å². The third-order valence-corrected chi connectivity index (χ3v) is 6.38. The van der Waals surface area contributed by atoms with Gasteiger partial charge in [0.1, 0.15) is 0 Å². The first kappa shape index (κ1) is 33.0. The van der Waals surface area contributed by atoms with Crippen LogP contribution in [-0.2, 0) is 11.2 Å². The predicted octanol–water partition coefficient (Wildman–Crippen LogP) is 4.52. The average molecular weight is 524 g/mol. The van der Waals surface area contributed by atoms with Crippen LogP contribution in [0.3, 0.4) is 0 Å². The molecule has 0 aliphatic carbocycles. The molecule has 2 amide bonds. The molecule has 0 bridgehead atoms. The fourth-order valence-electron chi connectivity index (χ4n) is 4.82. The number of carbonyl (C=O) groups excluding carboxylic acids is 1. The molecule has 8 heteroatoms. The summed E-state index contributed by atoms with van der Waals surface area (Å²) in [4.78, 5) is 12.4. The number of hydrogen-bond donors (Lipinski definition) is 4. The van der Waals surface area contributed by atoms with Gasteiger partial charge in [-0.1, -0.05) is 40.7 Å². The monoisotopic (exact) mass is 523 g/mol. The molecule has 0 saturated heterocycles. The molecule has 0 saturated carbocycles. The van der Waals surface area contributed by atoms with Gasteiger partial charge in [-0.25, -0.2) is 4.79 Å². The first-order valence-corrected chi connectivity index (χ1v) is 13.5. The van der Waals surface area contributed by atoms with Gasteiger partial charge in [0.05, 0.1) is 19.8 Å². The molecule has 8 nitrogen and oxygen atoms in total. The highest BCUT2D eigenvalue weighted by molar-refractivity contribution is 5.74. The third-order valence-electron chi connectivity index (χ3n) is 6.38. The summed E-state index contributed by atoms with van der Waals surface area (Å²) in [6.45, 7) is 16.1. The van der Waals surface area contributed by atoms with E-state index >= 15 is 0 Å². The zero-order chi connectivity index (χ0) is 28.2. The van der Waals surface area contributed by atoms with E-state index in [1.807, 2.05) is 32.0 Å². The summed E-state index contributed by atoms with van der Waals surface area (Å²) in [6, 6.07) is 5.24. The second kappa shape index (κ2) is 15.4. The Morgan fingerprint density at radius 1 is 1.08 bits per heavy atom. The molecule has 1 rings (SSSR count). The van der Waals surface area contributed by atoms with Crippen LogP contribution in [0.25, 0.3) is 0 Å². The van der Waals surface area contributed by atoms with Gasteiger partial charge in [-0.2, -0.15) is 0 Å². The number of carbonyl (C=O) groups is 1. The van der Waals surface area contributed by atoms with Crippen LogP contribution < -0.4 is 25.8 Å². The molecule has 5 N–H and O–H groups in total. The zero-order valence-electron chi connectivity index (χ0n) is 24.6. The maximum absolute atomic E-state index is 12.4. The van der Waals surface area contributed by atoms with Crippen molar-refractivity contribution in [2.24, 2.45) is 23.0 Å². The fraction of sp³-hybridized carbons (Fsp3) is 0.759. The Kier molecular flexibility index (Phi) is 13.7. The number of hydrogen-bond acceptors (Lipinski definition) is 6. The van der Waals surface area contributed by atoms with Crippen molar-refractivity contribution in [2.75, 3.05) is 34.0 Å². The number of nitrogens with two attached hydrogens (primary N) is 1. The predicted molar refractivity (Wildman–Crippen MR) is 150 cm³/mol. The summed E-state index contributed by atoms with van der Waals surface area (Å²) in [5.41, 5.74) is 7.25. The van der Waals surface area contributed by atoms with Crippen LogP contribution in [0, 0.1) is 17.3 Å². The lowest BCUT2D eigenvalue weighted by Gasteiger charge is -2.33. The maximum Gasteiger partial charge on any atom is 0.315 e. The van der Waals surface area contributed by atoms with Gasteiger partial charge in [-0.05, 0) is 68.1 Å². The van der Waals surface area contributed by atoms with E-state index in [9.17, 15) is 9.90 Å². The van der Waals surface area contributed by atoms with E-state index in [0.29, 0.717) is 37.1 Å². The Hall–Kier alpha value is -2.03. The number of nitrogens with one attached hydrogen (secondary N) is 2. The lowest BCUT2D eigenvalue weighted by Crippen LogP contribution is -2.52. The van der Waals surface area contributed by atoms with Gasteiger partial charge >= 0.3 is 6.03 Å². The van der Waals surface area contributed by atoms with Crippen molar-refractivity contribution >= 4 is 6.03 Å². The Morgan fingerprint density at radius 3 is 2.32 bits per heavy atom. The van der Waals surface area contributed by atoms with Crippen molar-refractivity contribution in [3.8, 4) is 11.5 Å². The molecule has 0 radical (unpaired) electrons. The van der Waals surface area contributed by atoms with Gasteiger partial charge in [0.15, 0.2) is 11.5 Å². The highest BCUT2D eigenvalue weighted by Crippen LogP contribution is 2.31. The molecular formula is C29H53N3O5. The number of aliphatic hydroxyl groups is 1. The number of amides is 2. The zero-order valence-corrected chi connectivity index (χ0v) is 24.6. The lowest BCUT2D eigenvalue weighted by molar-refractivity contribution is 0.124. The smallest absolute Gasteiger partial charge is 0.315 e. The summed E-state index contributed by atoms with van der Waals surface area (Å²) in [5.74, 6) is 2.02. The summed E-state index contributed by atoms with van der Waals surface area (Å²) >= 11 is 0. The van der Waals surface area contributed by atoms with Gasteiger partial charge in [0.25, 0.3) is 0 Å². The minimum atomic E-state index is -0.840. The average Bonchev–Trinajstić information content (AvgIpc) is 2.77. The van der Waals surface area contributed by atoms with E-state index in [0.717, 1.165) is 24.8 Å². The van der Waals surface area contributed by atoms with E-state index in [2.05, 4.69) is 45.3 Å². The molecule has 0 aliphatic heterocycles. The van der Waals surface area contributed by atoms with Crippen LogP contribution in [0.5, 0.6) is 11.5 Å². The fourth-order valence-corrected chi connectivity index (χ4v) is 4.82. The Labute approximate surface area is 225 Å². The first-order chi connectivity index (χ1) is 17.2. The van der Waals surface area contributed by atoms with Crippen molar-refractivity contribution in [1.82, 2.24) is 10.6 Å². The van der Waals surface area contributed by atoms with Gasteiger partial charge in [-0.15, -0.1) is 0 Å². The third kappa shape index (κ3) is 13.4. The number of methoxy groups -OCH3 is 2. The van der Waals surface area contributed by atoms with Crippen LogP contribution >= 0.6 is 0 Å². The lowest BCUT2D eigenvalue weighted by atomic mass is 9.82. The Morgan fingerprint density at radius 2 is 1.76 bits per heavy atom. The molecule has 37 heavy (non-hydrogen) atoms. The largest absolute Gasteiger partial charge is 0.493 e. The molecule has 0 fully saturated rings. The van der Waals surface area contributed by atoms with E-state index in [1.54, 1.807) is 14.2 Å². The molecule has 1 aromatic rings. The maximum atomic E-state index is 12.4. The SMILES string of the molecule is COCCCOc1cc(CC(CC(N)C(O)CNC(=O)NC(C)(C)CC(C)(C)C)C(C)C)ccc1OC. The molecule has 0 spiro atoms. The Bertz CT molecular complexity index is 807. The normalized spacial score (nSPS) is 14.7. The number of aliphatic hydroxyl groups excluding tert-OH is 1. The van der Waals surface area contributed by atoms with Gasteiger partial charge in [0, 0.05) is 38.3 Å². The van der Waals surface area contributed by atoms with E-state index in [4.69, 9.17) is 19.9 Å². The van der Waals surface area contributed by atoms with Crippen molar-refractivity contribution in [1.29, 1.82) is 0 Å². The van der Waals surface area contributed by atoms with E-state index < -0.39 is 12.1 Å². The van der Waals surface area contributed by atoms with Crippen LogP contribution in [0.4, 0.5) is 4.79 Å². The molecule has 0 heterocycles. The molecule has 0 aromatic heterocycles. The number of rotatable bonds is 16. The molecule has 1 aromatic carbocycles. The number of urea groups is 1. The topological polar surface area (TPSA) is 115 Å². The van der Waals surface area contributed by atoms with E-state index in [-0.39, 0.29) is 29.4 Å². The van der Waals surface area contributed by atoms with Gasteiger partial charge < -0.3 is 35.7 Å². The highest BCUT2D eigenvalue weighted by Gasteiger charge is 2.28. The second-order valence-electron chi connectivity index (χ2n) is 12.3. The van der Waals surface area contributed by atoms with Crippen molar-refractivity contribution in [3.05, 3.63) is 23.8 Å². The number of benzene rings is 1. The summed E-state index contributed by atoms with van der Waals surface area (Å²) in [7, 11) is 3.31. The number of ether oxygens (including phenoxy) is 3. The van der Waals surface area contributed by atoms with Crippen molar-refractivity contribution < 1.29 is 24.1 Å². The quantitative estimate of drug-likeness (QED) is 0.237. The molecule has 3 atom stereocenters. The minimum Gasteiger partial charge on any atom is -0.493 e. The van der Waals surface area contributed by atoms with Gasteiger partial charge in [0.2, 0.25) is 0 Å². The Balaban J connectivity index is 2.70. The molecule has 3 unspecified atom stereocenters. The second-order valence-corrected chi connectivity index (χ2v) is 12.3. The summed E-state index contributed by atoms with van der Waals surface area (Å²) < 4.78 is 16.5. The standard InChI is InChI=1S/C29H53N3O5/c1-20(2)22(15-21-11-12-25(36-9)26(16-21)37-14-10-13-35-8)17-23(30)24(33)18-31-27(34)32-29(6,7)19-28(3,4)5/h11-12,16,20,22-24,33H,10,13-15,17-19,30H2,1-9H3,(H2,31,32,34). The summed E-state index contributed by atoms with van der Waals surface area (Å²) in [5, 5.41) is 16.5. The van der Waals surface area contributed by atoms with Crippen molar-refractivity contribution in [3.63, 3.8) is 0 Å². The van der Waals surface area contributed by atoms with E-state index in [1.165, 1.54) is 0 Å². The van der Waals surface area contributed by atoms with Crippen molar-refractivity contribution in [2.45, 2.75) is 91.8 Å². The first-order valence-electron chi connectivity index (χ1n) is 13.5. The summed E-state index contributed by atoms with van der Waals surface area (Å²) in [6.07, 6.45) is 2.22. The molecule has 0 aliphatic rings. The molecular weight excluding hydrogens is 470 g/mol. The molecule has 214 valence electrons.